The van der Waals surface area contributed by atoms with Crippen LogP contribution in [-0.4, -0.2) is 36.6 Å². The van der Waals surface area contributed by atoms with Crippen LogP contribution >= 0.6 is 0 Å². The molecule has 1 spiro atoms. The van der Waals surface area contributed by atoms with Gasteiger partial charge in [0.05, 0.1) is 0 Å². The Kier molecular flexibility index (Phi) is 5.30. The Morgan fingerprint density at radius 3 is 2.16 bits per heavy atom. The van der Waals surface area contributed by atoms with Gasteiger partial charge in [-0.05, 0) is 84.5 Å². The van der Waals surface area contributed by atoms with Gasteiger partial charge in [-0.1, -0.05) is 19.3 Å². The number of likely N-dealkylation sites (tertiary alicyclic amines) is 1. The highest BCUT2D eigenvalue weighted by molar-refractivity contribution is 4.88. The fourth-order valence-electron chi connectivity index (χ4n) is 3.82. The van der Waals surface area contributed by atoms with E-state index in [9.17, 15) is 0 Å². The van der Waals surface area contributed by atoms with Crippen molar-refractivity contribution in [1.82, 2.24) is 10.2 Å². The molecule has 2 heteroatoms. The first-order chi connectivity index (χ1) is 8.99. The topological polar surface area (TPSA) is 15.3 Å². The van der Waals surface area contributed by atoms with E-state index in [2.05, 4.69) is 31.0 Å². The van der Waals surface area contributed by atoms with E-state index >= 15 is 0 Å². The second kappa shape index (κ2) is 6.58. The minimum absolute atomic E-state index is 0.272. The average molecular weight is 266 g/mol. The van der Waals surface area contributed by atoms with Gasteiger partial charge in [0.1, 0.15) is 0 Å². The summed E-state index contributed by atoms with van der Waals surface area (Å²) in [4.78, 5) is 2.70. The molecular formula is C17H34N2. The minimum atomic E-state index is 0.272. The molecule has 0 aromatic rings. The molecule has 1 N–H and O–H groups in total. The maximum absolute atomic E-state index is 3.59. The molecule has 2 aliphatic rings. The summed E-state index contributed by atoms with van der Waals surface area (Å²) in [6.45, 7) is 11.9. The molecule has 2 fully saturated rings. The van der Waals surface area contributed by atoms with Crippen LogP contribution in [0.3, 0.4) is 0 Å². The lowest BCUT2D eigenvalue weighted by atomic mass is 9.68. The van der Waals surface area contributed by atoms with E-state index in [0.29, 0.717) is 0 Å². The molecule has 1 saturated carbocycles. The summed E-state index contributed by atoms with van der Waals surface area (Å²) in [6, 6.07) is 0. The number of piperidine rings is 1. The highest BCUT2D eigenvalue weighted by Gasteiger charge is 2.35. The quantitative estimate of drug-likeness (QED) is 0.778. The van der Waals surface area contributed by atoms with E-state index in [1.54, 1.807) is 0 Å². The predicted molar refractivity (Wildman–Crippen MR) is 83.6 cm³/mol. The Bertz CT molecular complexity index is 251. The largest absolute Gasteiger partial charge is 0.312 e. The van der Waals surface area contributed by atoms with E-state index in [4.69, 9.17) is 0 Å². The maximum Gasteiger partial charge on any atom is 0.00965 e. The van der Waals surface area contributed by atoms with Crippen LogP contribution in [0.2, 0.25) is 0 Å². The molecule has 1 aliphatic heterocycles. The Labute approximate surface area is 120 Å². The second-order valence-electron chi connectivity index (χ2n) is 7.93. The van der Waals surface area contributed by atoms with Gasteiger partial charge in [0, 0.05) is 5.54 Å². The normalized spacial score (nSPS) is 24.8. The van der Waals surface area contributed by atoms with E-state index in [-0.39, 0.29) is 5.54 Å². The highest BCUT2D eigenvalue weighted by Crippen LogP contribution is 2.44. The lowest BCUT2D eigenvalue weighted by molar-refractivity contribution is 0.0671. The predicted octanol–water partition coefficient (Wildman–Crippen LogP) is 3.81. The molecule has 112 valence electrons. The van der Waals surface area contributed by atoms with Crippen molar-refractivity contribution in [2.45, 2.75) is 77.7 Å². The highest BCUT2D eigenvalue weighted by atomic mass is 15.1. The van der Waals surface area contributed by atoms with Gasteiger partial charge in [-0.15, -0.1) is 0 Å². The molecule has 0 aromatic heterocycles. The molecule has 1 saturated heterocycles. The van der Waals surface area contributed by atoms with E-state index in [0.717, 1.165) is 12.0 Å². The summed E-state index contributed by atoms with van der Waals surface area (Å²) in [6.07, 6.45) is 11.8. The summed E-state index contributed by atoms with van der Waals surface area (Å²) in [5, 5.41) is 3.59. The van der Waals surface area contributed by atoms with Gasteiger partial charge in [-0.2, -0.15) is 0 Å². The van der Waals surface area contributed by atoms with Gasteiger partial charge >= 0.3 is 0 Å². The second-order valence-corrected chi connectivity index (χ2v) is 7.93. The van der Waals surface area contributed by atoms with Gasteiger partial charge in [0.2, 0.25) is 0 Å². The third kappa shape index (κ3) is 5.07. The SMILES string of the molecule is CC(C)(C)NCCCN1CCC2(CCCCC2)CC1. The molecule has 2 nitrogen and oxygen atoms in total. The van der Waals surface area contributed by atoms with Crippen molar-refractivity contribution >= 4 is 0 Å². The van der Waals surface area contributed by atoms with Crippen molar-refractivity contribution in [2.24, 2.45) is 5.41 Å². The number of nitrogens with one attached hydrogen (secondary N) is 1. The van der Waals surface area contributed by atoms with E-state index in [1.807, 2.05) is 0 Å². The van der Waals surface area contributed by atoms with E-state index in [1.165, 1.54) is 71.0 Å². The molecule has 1 aliphatic carbocycles. The van der Waals surface area contributed by atoms with E-state index < -0.39 is 0 Å². The van der Waals surface area contributed by atoms with Crippen LogP contribution in [0.5, 0.6) is 0 Å². The molecule has 2 rings (SSSR count). The monoisotopic (exact) mass is 266 g/mol. The first kappa shape index (κ1) is 15.3. The third-order valence-electron chi connectivity index (χ3n) is 5.14. The van der Waals surface area contributed by atoms with Gasteiger partial charge in [-0.3, -0.25) is 0 Å². The molecule has 0 amide bonds. The van der Waals surface area contributed by atoms with Crippen LogP contribution in [0.4, 0.5) is 0 Å². The zero-order valence-corrected chi connectivity index (χ0v) is 13.4. The molecule has 19 heavy (non-hydrogen) atoms. The fraction of sp³-hybridized carbons (Fsp3) is 1.00. The number of hydrogen-bond donors (Lipinski definition) is 1. The van der Waals surface area contributed by atoms with Crippen LogP contribution in [-0.2, 0) is 0 Å². The minimum Gasteiger partial charge on any atom is -0.312 e. The molecule has 0 bridgehead atoms. The molecule has 0 radical (unpaired) electrons. The van der Waals surface area contributed by atoms with Gasteiger partial charge < -0.3 is 10.2 Å². The van der Waals surface area contributed by atoms with Crippen molar-refractivity contribution in [3.63, 3.8) is 0 Å². The number of hydrogen-bond acceptors (Lipinski definition) is 2. The van der Waals surface area contributed by atoms with Crippen LogP contribution in [0.1, 0.15) is 72.1 Å². The van der Waals surface area contributed by atoms with Gasteiger partial charge in [-0.25, -0.2) is 0 Å². The van der Waals surface area contributed by atoms with Crippen molar-refractivity contribution in [3.05, 3.63) is 0 Å². The van der Waals surface area contributed by atoms with Crippen molar-refractivity contribution in [2.75, 3.05) is 26.2 Å². The average Bonchev–Trinajstić information content (AvgIpc) is 2.37. The van der Waals surface area contributed by atoms with Crippen molar-refractivity contribution in [1.29, 1.82) is 0 Å². The number of nitrogens with zero attached hydrogens (tertiary/aromatic N) is 1. The molecular weight excluding hydrogens is 232 g/mol. The Balaban J connectivity index is 1.61. The summed E-state index contributed by atoms with van der Waals surface area (Å²) in [5.74, 6) is 0. The molecule has 0 unspecified atom stereocenters. The number of rotatable bonds is 4. The summed E-state index contributed by atoms with van der Waals surface area (Å²) < 4.78 is 0. The van der Waals surface area contributed by atoms with Crippen molar-refractivity contribution in [3.8, 4) is 0 Å². The van der Waals surface area contributed by atoms with Crippen LogP contribution in [0.25, 0.3) is 0 Å². The Morgan fingerprint density at radius 1 is 0.947 bits per heavy atom. The summed E-state index contributed by atoms with van der Waals surface area (Å²) >= 11 is 0. The molecule has 0 aromatic carbocycles. The van der Waals surface area contributed by atoms with Crippen LogP contribution < -0.4 is 5.32 Å². The van der Waals surface area contributed by atoms with Crippen molar-refractivity contribution < 1.29 is 0 Å². The first-order valence-corrected chi connectivity index (χ1v) is 8.47. The van der Waals surface area contributed by atoms with Crippen LogP contribution in [0.15, 0.2) is 0 Å². The summed E-state index contributed by atoms with van der Waals surface area (Å²) in [7, 11) is 0. The zero-order valence-electron chi connectivity index (χ0n) is 13.4. The Morgan fingerprint density at radius 2 is 1.58 bits per heavy atom. The smallest absolute Gasteiger partial charge is 0.00965 e. The molecule has 0 atom stereocenters. The molecule has 1 heterocycles. The zero-order chi connectivity index (χ0) is 13.8. The van der Waals surface area contributed by atoms with Gasteiger partial charge in [0.15, 0.2) is 0 Å². The Hall–Kier alpha value is -0.0800. The lowest BCUT2D eigenvalue weighted by Crippen LogP contribution is -2.42. The maximum atomic E-state index is 3.59. The fourth-order valence-corrected chi connectivity index (χ4v) is 3.82. The van der Waals surface area contributed by atoms with Crippen LogP contribution in [0, 0.1) is 5.41 Å². The third-order valence-corrected chi connectivity index (χ3v) is 5.14. The first-order valence-electron chi connectivity index (χ1n) is 8.47. The standard InChI is InChI=1S/C17H34N2/c1-16(2,3)18-12-7-13-19-14-10-17(11-15-19)8-5-4-6-9-17/h18H,4-15H2,1-3H3. The van der Waals surface area contributed by atoms with Gasteiger partial charge in [0.25, 0.3) is 0 Å². The lowest BCUT2D eigenvalue weighted by Gasteiger charge is -2.44. The summed E-state index contributed by atoms with van der Waals surface area (Å²) in [5.41, 5.74) is 1.03.